The first-order valence-electron chi connectivity index (χ1n) is 7.22. The largest absolute Gasteiger partial charge is 0.496 e. The summed E-state index contributed by atoms with van der Waals surface area (Å²) in [5.41, 5.74) is 2.18. The summed E-state index contributed by atoms with van der Waals surface area (Å²) >= 11 is 0. The first-order chi connectivity index (χ1) is 11.5. The molecule has 0 fully saturated rings. The SMILES string of the molecule is COC(=O)c1ccc(NC(=O)c2cc(OC)c(C)cc2OC)cc1. The first-order valence-corrected chi connectivity index (χ1v) is 7.22. The number of methoxy groups -OCH3 is 3. The summed E-state index contributed by atoms with van der Waals surface area (Å²) in [4.78, 5) is 23.9. The molecule has 0 aliphatic carbocycles. The van der Waals surface area contributed by atoms with E-state index in [4.69, 9.17) is 9.47 Å². The van der Waals surface area contributed by atoms with Crippen LogP contribution in [0.1, 0.15) is 26.3 Å². The van der Waals surface area contributed by atoms with Crippen molar-refractivity contribution in [2.45, 2.75) is 6.92 Å². The van der Waals surface area contributed by atoms with Gasteiger partial charge >= 0.3 is 5.97 Å². The summed E-state index contributed by atoms with van der Waals surface area (Å²) in [7, 11) is 4.36. The molecule has 2 aromatic rings. The predicted molar refractivity (Wildman–Crippen MR) is 90.0 cm³/mol. The van der Waals surface area contributed by atoms with E-state index >= 15 is 0 Å². The highest BCUT2D eigenvalue weighted by molar-refractivity contribution is 6.06. The van der Waals surface area contributed by atoms with Crippen LogP contribution in [-0.2, 0) is 4.74 Å². The first kappa shape index (κ1) is 17.3. The number of carbonyl (C=O) groups is 2. The number of carbonyl (C=O) groups excluding carboxylic acids is 2. The van der Waals surface area contributed by atoms with Crippen LogP contribution in [0.5, 0.6) is 11.5 Å². The van der Waals surface area contributed by atoms with Crippen molar-refractivity contribution in [1.82, 2.24) is 0 Å². The molecule has 126 valence electrons. The van der Waals surface area contributed by atoms with Gasteiger partial charge in [0.05, 0.1) is 32.5 Å². The third kappa shape index (κ3) is 3.65. The van der Waals surface area contributed by atoms with Crippen LogP contribution in [0.2, 0.25) is 0 Å². The lowest BCUT2D eigenvalue weighted by Crippen LogP contribution is -2.14. The Morgan fingerprint density at radius 3 is 2.08 bits per heavy atom. The zero-order valence-electron chi connectivity index (χ0n) is 14.0. The van der Waals surface area contributed by atoms with Gasteiger partial charge in [0.25, 0.3) is 5.91 Å². The van der Waals surface area contributed by atoms with E-state index < -0.39 is 5.97 Å². The second kappa shape index (κ2) is 7.50. The highest BCUT2D eigenvalue weighted by Crippen LogP contribution is 2.29. The van der Waals surface area contributed by atoms with Gasteiger partial charge in [0.2, 0.25) is 0 Å². The van der Waals surface area contributed by atoms with E-state index in [0.717, 1.165) is 5.56 Å². The minimum absolute atomic E-state index is 0.337. The lowest BCUT2D eigenvalue weighted by Gasteiger charge is -2.13. The van der Waals surface area contributed by atoms with Crippen molar-refractivity contribution in [2.24, 2.45) is 0 Å². The van der Waals surface area contributed by atoms with Crippen molar-refractivity contribution in [1.29, 1.82) is 0 Å². The number of rotatable bonds is 5. The second-order valence-electron chi connectivity index (χ2n) is 5.05. The molecule has 0 spiro atoms. The van der Waals surface area contributed by atoms with Gasteiger partial charge < -0.3 is 19.5 Å². The summed E-state index contributed by atoms with van der Waals surface area (Å²) in [6, 6.07) is 9.79. The molecule has 1 amide bonds. The Morgan fingerprint density at radius 1 is 0.917 bits per heavy atom. The number of hydrogen-bond donors (Lipinski definition) is 1. The van der Waals surface area contributed by atoms with Crippen LogP contribution in [0.4, 0.5) is 5.69 Å². The van der Waals surface area contributed by atoms with Gasteiger partial charge in [0, 0.05) is 5.69 Å². The van der Waals surface area contributed by atoms with Gasteiger partial charge in [0.15, 0.2) is 0 Å². The number of amides is 1. The van der Waals surface area contributed by atoms with Crippen molar-refractivity contribution < 1.29 is 23.8 Å². The highest BCUT2D eigenvalue weighted by Gasteiger charge is 2.16. The van der Waals surface area contributed by atoms with Gasteiger partial charge in [-0.25, -0.2) is 4.79 Å². The fourth-order valence-electron chi connectivity index (χ4n) is 2.23. The smallest absolute Gasteiger partial charge is 0.337 e. The summed E-state index contributed by atoms with van der Waals surface area (Å²) in [5, 5.41) is 2.76. The van der Waals surface area contributed by atoms with Crippen LogP contribution >= 0.6 is 0 Å². The van der Waals surface area contributed by atoms with E-state index in [1.807, 2.05) is 6.92 Å². The Morgan fingerprint density at radius 2 is 1.54 bits per heavy atom. The molecule has 2 aromatic carbocycles. The topological polar surface area (TPSA) is 73.9 Å². The standard InChI is InChI=1S/C18H19NO5/c1-11-9-16(23-3)14(10-15(11)22-2)17(20)19-13-7-5-12(6-8-13)18(21)24-4/h5-10H,1-4H3,(H,19,20). The summed E-state index contributed by atoms with van der Waals surface area (Å²) in [6.45, 7) is 1.87. The molecule has 0 atom stereocenters. The molecule has 6 nitrogen and oxygen atoms in total. The molecule has 0 aliphatic heterocycles. The molecule has 0 radical (unpaired) electrons. The third-order valence-electron chi connectivity index (χ3n) is 3.53. The van der Waals surface area contributed by atoms with Crippen molar-refractivity contribution in [2.75, 3.05) is 26.6 Å². The van der Waals surface area contributed by atoms with Crippen LogP contribution in [0, 0.1) is 6.92 Å². The predicted octanol–water partition coefficient (Wildman–Crippen LogP) is 3.05. The molecule has 6 heteroatoms. The van der Waals surface area contributed by atoms with Crippen LogP contribution < -0.4 is 14.8 Å². The molecule has 0 aromatic heterocycles. The van der Waals surface area contributed by atoms with E-state index in [1.165, 1.54) is 14.2 Å². The minimum Gasteiger partial charge on any atom is -0.496 e. The Kier molecular flexibility index (Phi) is 5.42. The average Bonchev–Trinajstić information content (AvgIpc) is 2.61. The average molecular weight is 329 g/mol. The fraction of sp³-hybridized carbons (Fsp3) is 0.222. The summed E-state index contributed by atoms with van der Waals surface area (Å²) < 4.78 is 15.2. The van der Waals surface area contributed by atoms with Gasteiger partial charge in [-0.3, -0.25) is 4.79 Å². The van der Waals surface area contributed by atoms with Crippen LogP contribution in [0.3, 0.4) is 0 Å². The molecule has 0 unspecified atom stereocenters. The van der Waals surface area contributed by atoms with Crippen LogP contribution in [0.15, 0.2) is 36.4 Å². The Labute approximate surface area is 140 Å². The van der Waals surface area contributed by atoms with E-state index in [-0.39, 0.29) is 5.91 Å². The maximum Gasteiger partial charge on any atom is 0.337 e. The third-order valence-corrected chi connectivity index (χ3v) is 3.53. The van der Waals surface area contributed by atoms with Crippen molar-refractivity contribution >= 4 is 17.6 Å². The zero-order chi connectivity index (χ0) is 17.7. The van der Waals surface area contributed by atoms with Crippen molar-refractivity contribution in [3.8, 4) is 11.5 Å². The molecule has 24 heavy (non-hydrogen) atoms. The number of anilines is 1. The molecule has 0 bridgehead atoms. The van der Waals surface area contributed by atoms with E-state index in [0.29, 0.717) is 28.3 Å². The normalized spacial score (nSPS) is 10.0. The van der Waals surface area contributed by atoms with E-state index in [9.17, 15) is 9.59 Å². The quantitative estimate of drug-likeness (QED) is 0.854. The van der Waals surface area contributed by atoms with Crippen LogP contribution in [0.25, 0.3) is 0 Å². The van der Waals surface area contributed by atoms with E-state index in [2.05, 4.69) is 10.1 Å². The Hall–Kier alpha value is -3.02. The number of nitrogens with one attached hydrogen (secondary N) is 1. The molecule has 1 N–H and O–H groups in total. The number of hydrogen-bond acceptors (Lipinski definition) is 5. The van der Waals surface area contributed by atoms with E-state index in [1.54, 1.807) is 43.5 Å². The Bertz CT molecular complexity index is 753. The van der Waals surface area contributed by atoms with Gasteiger partial charge in [-0.2, -0.15) is 0 Å². The molecule has 0 heterocycles. The molecule has 0 saturated heterocycles. The Balaban J connectivity index is 2.25. The zero-order valence-corrected chi connectivity index (χ0v) is 14.0. The minimum atomic E-state index is -0.433. The lowest BCUT2D eigenvalue weighted by molar-refractivity contribution is 0.0600. The van der Waals surface area contributed by atoms with Crippen LogP contribution in [-0.4, -0.2) is 33.2 Å². The van der Waals surface area contributed by atoms with Gasteiger partial charge in [-0.1, -0.05) is 0 Å². The highest BCUT2D eigenvalue weighted by atomic mass is 16.5. The van der Waals surface area contributed by atoms with Gasteiger partial charge in [0.1, 0.15) is 11.5 Å². The molecule has 0 saturated carbocycles. The molecule has 0 aliphatic rings. The fourth-order valence-corrected chi connectivity index (χ4v) is 2.23. The lowest BCUT2D eigenvalue weighted by atomic mass is 10.1. The summed E-state index contributed by atoms with van der Waals surface area (Å²) in [5.74, 6) is 0.285. The second-order valence-corrected chi connectivity index (χ2v) is 5.05. The van der Waals surface area contributed by atoms with Gasteiger partial charge in [-0.05, 0) is 48.9 Å². The number of esters is 1. The number of ether oxygens (including phenoxy) is 3. The maximum atomic E-state index is 12.5. The van der Waals surface area contributed by atoms with Gasteiger partial charge in [-0.15, -0.1) is 0 Å². The van der Waals surface area contributed by atoms with Crippen molar-refractivity contribution in [3.05, 3.63) is 53.1 Å². The number of benzene rings is 2. The molecular formula is C18H19NO5. The summed E-state index contributed by atoms with van der Waals surface area (Å²) in [6.07, 6.45) is 0. The molecule has 2 rings (SSSR count). The van der Waals surface area contributed by atoms with Crippen molar-refractivity contribution in [3.63, 3.8) is 0 Å². The monoisotopic (exact) mass is 329 g/mol. The number of aryl methyl sites for hydroxylation is 1. The molecular weight excluding hydrogens is 310 g/mol. The maximum absolute atomic E-state index is 12.5.